The van der Waals surface area contributed by atoms with E-state index in [9.17, 15) is 4.79 Å². The smallest absolute Gasteiger partial charge is 0.221 e. The summed E-state index contributed by atoms with van der Waals surface area (Å²) >= 11 is 0. The molecule has 0 saturated carbocycles. The number of carbonyl (C=O) groups is 1. The summed E-state index contributed by atoms with van der Waals surface area (Å²) in [7, 11) is 0. The van der Waals surface area contributed by atoms with E-state index in [1.54, 1.807) is 12.5 Å². The predicted molar refractivity (Wildman–Crippen MR) is 109 cm³/mol. The van der Waals surface area contributed by atoms with Crippen LogP contribution in [0.15, 0.2) is 49.1 Å². The summed E-state index contributed by atoms with van der Waals surface area (Å²) < 4.78 is 1.94. The second-order valence-electron chi connectivity index (χ2n) is 6.53. The number of hydrogen-bond donors (Lipinski definition) is 1. The summed E-state index contributed by atoms with van der Waals surface area (Å²) in [4.78, 5) is 20.7. The van der Waals surface area contributed by atoms with Gasteiger partial charge in [0.15, 0.2) is 0 Å². The van der Waals surface area contributed by atoms with Gasteiger partial charge in [-0.15, -0.1) is 0 Å². The van der Waals surface area contributed by atoms with E-state index in [4.69, 9.17) is 0 Å². The molecule has 6 nitrogen and oxygen atoms in total. The number of para-hydroxylation sites is 1. The second-order valence-corrected chi connectivity index (χ2v) is 6.53. The van der Waals surface area contributed by atoms with Gasteiger partial charge in [0.05, 0.1) is 11.4 Å². The van der Waals surface area contributed by atoms with E-state index in [1.807, 2.05) is 49.0 Å². The number of amides is 1. The molecule has 0 saturated heterocycles. The van der Waals surface area contributed by atoms with Crippen molar-refractivity contribution in [2.75, 3.05) is 16.9 Å². The Morgan fingerprint density at radius 3 is 2.63 bits per heavy atom. The van der Waals surface area contributed by atoms with E-state index in [0.29, 0.717) is 0 Å². The SMILES string of the molecule is CCCN(c1cccc(-c2ccc(C)nc2C)c1NC(C)=O)n1ccnc1. The lowest BCUT2D eigenvalue weighted by Crippen LogP contribution is -2.30. The zero-order valence-corrected chi connectivity index (χ0v) is 16.2. The van der Waals surface area contributed by atoms with Gasteiger partial charge in [0.1, 0.15) is 6.33 Å². The molecule has 0 aliphatic heterocycles. The maximum absolute atomic E-state index is 12.0. The van der Waals surface area contributed by atoms with E-state index >= 15 is 0 Å². The Balaban J connectivity index is 2.21. The number of aryl methyl sites for hydroxylation is 2. The first kappa shape index (κ1) is 18.6. The van der Waals surface area contributed by atoms with E-state index < -0.39 is 0 Å². The highest BCUT2D eigenvalue weighted by atomic mass is 16.1. The van der Waals surface area contributed by atoms with Gasteiger partial charge >= 0.3 is 0 Å². The Bertz CT molecular complexity index is 934. The topological polar surface area (TPSA) is 63.1 Å². The van der Waals surface area contributed by atoms with Crippen molar-refractivity contribution in [3.05, 3.63) is 60.4 Å². The minimum atomic E-state index is -0.108. The van der Waals surface area contributed by atoms with Gasteiger partial charge in [0.25, 0.3) is 0 Å². The molecule has 0 atom stereocenters. The molecule has 0 unspecified atom stereocenters. The van der Waals surface area contributed by atoms with Crippen LogP contribution in [-0.2, 0) is 4.79 Å². The lowest BCUT2D eigenvalue weighted by Gasteiger charge is -2.28. The average molecular weight is 363 g/mol. The van der Waals surface area contributed by atoms with Crippen molar-refractivity contribution in [1.29, 1.82) is 0 Å². The number of pyridine rings is 1. The lowest BCUT2D eigenvalue weighted by atomic mass is 10.0. The highest BCUT2D eigenvalue weighted by molar-refractivity contribution is 5.99. The minimum Gasteiger partial charge on any atom is -0.324 e. The third kappa shape index (κ3) is 4.00. The van der Waals surface area contributed by atoms with Crippen molar-refractivity contribution in [2.45, 2.75) is 34.1 Å². The largest absolute Gasteiger partial charge is 0.324 e. The Labute approximate surface area is 159 Å². The molecule has 140 valence electrons. The number of rotatable bonds is 6. The molecule has 2 heterocycles. The predicted octanol–water partition coefficient (Wildman–Crippen LogP) is 4.20. The number of hydrogen-bond acceptors (Lipinski definition) is 4. The van der Waals surface area contributed by atoms with Crippen LogP contribution in [0.2, 0.25) is 0 Å². The standard InChI is InChI=1S/C21H25N5O/c1-5-12-26(25-13-11-22-14-25)20-8-6-7-19(21(20)24-17(4)27)18-10-9-15(2)23-16(18)3/h6-11,13-14H,5,12H2,1-4H3,(H,24,27). The molecular weight excluding hydrogens is 338 g/mol. The molecule has 0 aliphatic rings. The van der Waals surface area contributed by atoms with Crippen LogP contribution in [0.1, 0.15) is 31.7 Å². The van der Waals surface area contributed by atoms with Crippen LogP contribution in [0.5, 0.6) is 0 Å². The first-order chi connectivity index (χ1) is 13.0. The second kappa shape index (κ2) is 8.03. The van der Waals surface area contributed by atoms with Crippen molar-refractivity contribution >= 4 is 17.3 Å². The maximum atomic E-state index is 12.0. The number of aromatic nitrogens is 3. The Morgan fingerprint density at radius 1 is 1.19 bits per heavy atom. The van der Waals surface area contributed by atoms with Gasteiger partial charge < -0.3 is 5.32 Å². The Morgan fingerprint density at radius 2 is 2.00 bits per heavy atom. The van der Waals surface area contributed by atoms with Crippen molar-refractivity contribution in [1.82, 2.24) is 14.6 Å². The summed E-state index contributed by atoms with van der Waals surface area (Å²) in [6, 6.07) is 10.1. The third-order valence-electron chi connectivity index (χ3n) is 4.34. The summed E-state index contributed by atoms with van der Waals surface area (Å²) in [5.41, 5.74) is 5.56. The molecule has 1 amide bonds. The molecule has 0 spiro atoms. The Kier molecular flexibility index (Phi) is 5.54. The van der Waals surface area contributed by atoms with Gasteiger partial charge in [0.2, 0.25) is 5.91 Å². The van der Waals surface area contributed by atoms with Crippen LogP contribution < -0.4 is 10.3 Å². The van der Waals surface area contributed by atoms with E-state index in [1.165, 1.54) is 6.92 Å². The zero-order valence-electron chi connectivity index (χ0n) is 16.2. The number of carbonyl (C=O) groups excluding carboxylic acids is 1. The van der Waals surface area contributed by atoms with Gasteiger partial charge in [-0.05, 0) is 32.4 Å². The van der Waals surface area contributed by atoms with Crippen molar-refractivity contribution in [3.8, 4) is 11.1 Å². The van der Waals surface area contributed by atoms with E-state index in [0.717, 1.165) is 46.9 Å². The number of benzene rings is 1. The highest BCUT2D eigenvalue weighted by Crippen LogP contribution is 2.38. The van der Waals surface area contributed by atoms with E-state index in [-0.39, 0.29) is 5.91 Å². The summed E-state index contributed by atoms with van der Waals surface area (Å²) in [6.45, 7) is 8.41. The number of nitrogens with zero attached hydrogens (tertiary/aromatic N) is 4. The van der Waals surface area contributed by atoms with Crippen LogP contribution in [0, 0.1) is 13.8 Å². The van der Waals surface area contributed by atoms with Gasteiger partial charge in [-0.1, -0.05) is 25.1 Å². The first-order valence-electron chi connectivity index (χ1n) is 9.12. The Hall–Kier alpha value is -3.15. The van der Waals surface area contributed by atoms with Crippen LogP contribution >= 0.6 is 0 Å². The monoisotopic (exact) mass is 363 g/mol. The number of anilines is 2. The highest BCUT2D eigenvalue weighted by Gasteiger charge is 2.18. The van der Waals surface area contributed by atoms with Crippen LogP contribution in [0.3, 0.4) is 0 Å². The van der Waals surface area contributed by atoms with Gasteiger partial charge in [-0.25, -0.2) is 9.66 Å². The molecule has 27 heavy (non-hydrogen) atoms. The van der Waals surface area contributed by atoms with Crippen LogP contribution in [-0.4, -0.2) is 27.1 Å². The normalized spacial score (nSPS) is 10.7. The summed E-state index contributed by atoms with van der Waals surface area (Å²) in [6.07, 6.45) is 6.36. The number of nitrogens with one attached hydrogen (secondary N) is 1. The molecule has 0 fully saturated rings. The molecule has 2 aromatic heterocycles. The molecule has 1 N–H and O–H groups in total. The van der Waals surface area contributed by atoms with Gasteiger partial charge in [-0.2, -0.15) is 0 Å². The lowest BCUT2D eigenvalue weighted by molar-refractivity contribution is -0.114. The summed E-state index contributed by atoms with van der Waals surface area (Å²) in [5, 5.41) is 5.15. The molecule has 3 rings (SSSR count). The zero-order chi connectivity index (χ0) is 19.4. The van der Waals surface area contributed by atoms with Crippen LogP contribution in [0.4, 0.5) is 11.4 Å². The van der Waals surface area contributed by atoms with Crippen molar-refractivity contribution in [3.63, 3.8) is 0 Å². The molecule has 0 aliphatic carbocycles. The minimum absolute atomic E-state index is 0.108. The molecular formula is C21H25N5O. The molecule has 0 bridgehead atoms. The van der Waals surface area contributed by atoms with Gasteiger partial charge in [-0.3, -0.25) is 14.8 Å². The fraction of sp³-hybridized carbons (Fsp3) is 0.286. The molecule has 1 aromatic carbocycles. The maximum Gasteiger partial charge on any atom is 0.221 e. The van der Waals surface area contributed by atoms with E-state index in [2.05, 4.69) is 33.3 Å². The quantitative estimate of drug-likeness (QED) is 0.713. The summed E-state index contributed by atoms with van der Waals surface area (Å²) in [5.74, 6) is -0.108. The third-order valence-corrected chi connectivity index (χ3v) is 4.34. The fourth-order valence-corrected chi connectivity index (χ4v) is 3.23. The van der Waals surface area contributed by atoms with Crippen molar-refractivity contribution < 1.29 is 4.79 Å². The van der Waals surface area contributed by atoms with Crippen LogP contribution in [0.25, 0.3) is 11.1 Å². The first-order valence-corrected chi connectivity index (χ1v) is 9.12. The molecule has 3 aromatic rings. The average Bonchev–Trinajstić information content (AvgIpc) is 3.14. The molecule has 6 heteroatoms. The van der Waals surface area contributed by atoms with Crippen molar-refractivity contribution in [2.24, 2.45) is 0 Å². The molecule has 0 radical (unpaired) electrons. The van der Waals surface area contributed by atoms with Gasteiger partial charge in [0, 0.05) is 48.4 Å². The number of imidazole rings is 1. The fourth-order valence-electron chi connectivity index (χ4n) is 3.23.